The van der Waals surface area contributed by atoms with Gasteiger partial charge in [0.2, 0.25) is 5.91 Å². The summed E-state index contributed by atoms with van der Waals surface area (Å²) in [5.74, 6) is -0.481. The quantitative estimate of drug-likeness (QED) is 0.595. The number of hydrogen-bond donors (Lipinski definition) is 1. The summed E-state index contributed by atoms with van der Waals surface area (Å²) in [5.41, 5.74) is 2.69. The molecule has 2 heterocycles. The molecule has 2 aromatic heterocycles. The van der Waals surface area contributed by atoms with Gasteiger partial charge in [-0.05, 0) is 31.2 Å². The molecular weight excluding hydrogens is 427 g/mol. The van der Waals surface area contributed by atoms with Crippen molar-refractivity contribution in [3.05, 3.63) is 63.5 Å². The Balaban J connectivity index is 1.89. The van der Waals surface area contributed by atoms with Gasteiger partial charge in [0, 0.05) is 26.9 Å². The van der Waals surface area contributed by atoms with Gasteiger partial charge in [0.1, 0.15) is 0 Å². The molecule has 1 N–H and O–H groups in total. The van der Waals surface area contributed by atoms with E-state index in [0.717, 1.165) is 5.69 Å². The van der Waals surface area contributed by atoms with Crippen LogP contribution in [0.15, 0.2) is 36.5 Å². The van der Waals surface area contributed by atoms with Crippen LogP contribution in [0.4, 0.5) is 5.69 Å². The molecule has 0 aliphatic carbocycles. The summed E-state index contributed by atoms with van der Waals surface area (Å²) >= 11 is 12.3. The minimum atomic E-state index is -0.434. The second-order valence-electron chi connectivity index (χ2n) is 6.80. The number of pyridine rings is 1. The van der Waals surface area contributed by atoms with Gasteiger partial charge in [0.05, 0.1) is 45.7 Å². The standard InChI is InChI=1S/C21H22Cl2N4O3/c1-13-17(12-18(28)26(2)10-11-30-3)27-9-5-8-16(20(27)24-13)25-21(29)19-14(22)6-4-7-15(19)23/h4-9H,10-12H2,1-3H3,(H,25,29). The van der Waals surface area contributed by atoms with E-state index in [9.17, 15) is 9.59 Å². The highest BCUT2D eigenvalue weighted by molar-refractivity contribution is 6.40. The molecule has 158 valence electrons. The van der Waals surface area contributed by atoms with Crippen molar-refractivity contribution < 1.29 is 14.3 Å². The van der Waals surface area contributed by atoms with Gasteiger partial charge in [0.15, 0.2) is 5.65 Å². The van der Waals surface area contributed by atoms with Crippen LogP contribution >= 0.6 is 23.2 Å². The Morgan fingerprint density at radius 2 is 1.90 bits per heavy atom. The van der Waals surface area contributed by atoms with Gasteiger partial charge in [-0.3, -0.25) is 9.59 Å². The van der Waals surface area contributed by atoms with Gasteiger partial charge < -0.3 is 19.4 Å². The van der Waals surface area contributed by atoms with E-state index in [1.54, 1.807) is 53.8 Å². The number of likely N-dealkylation sites (N-methyl/N-ethyl adjacent to an activating group) is 1. The number of anilines is 1. The van der Waals surface area contributed by atoms with Crippen LogP contribution in [0.5, 0.6) is 0 Å². The van der Waals surface area contributed by atoms with Crippen LogP contribution in [0, 0.1) is 6.92 Å². The van der Waals surface area contributed by atoms with Crippen molar-refractivity contribution in [2.45, 2.75) is 13.3 Å². The maximum Gasteiger partial charge on any atom is 0.258 e. The Morgan fingerprint density at radius 3 is 2.57 bits per heavy atom. The lowest BCUT2D eigenvalue weighted by Gasteiger charge is -2.16. The van der Waals surface area contributed by atoms with Crippen LogP contribution in [-0.4, -0.2) is 53.4 Å². The summed E-state index contributed by atoms with van der Waals surface area (Å²) in [6, 6.07) is 8.40. The van der Waals surface area contributed by atoms with E-state index in [-0.39, 0.29) is 27.9 Å². The maximum absolute atomic E-state index is 12.8. The molecule has 9 heteroatoms. The minimum Gasteiger partial charge on any atom is -0.383 e. The average Bonchev–Trinajstić information content (AvgIpc) is 3.02. The number of halogens is 2. The molecule has 0 aliphatic heterocycles. The Morgan fingerprint density at radius 1 is 1.20 bits per heavy atom. The number of aryl methyl sites for hydroxylation is 1. The highest BCUT2D eigenvalue weighted by Crippen LogP contribution is 2.27. The van der Waals surface area contributed by atoms with Crippen LogP contribution in [-0.2, 0) is 16.0 Å². The van der Waals surface area contributed by atoms with E-state index < -0.39 is 5.91 Å². The zero-order valence-electron chi connectivity index (χ0n) is 16.9. The van der Waals surface area contributed by atoms with Crippen molar-refractivity contribution in [3.8, 4) is 0 Å². The summed E-state index contributed by atoms with van der Waals surface area (Å²) in [7, 11) is 3.33. The van der Waals surface area contributed by atoms with Gasteiger partial charge in [0.25, 0.3) is 5.91 Å². The lowest BCUT2D eigenvalue weighted by molar-refractivity contribution is -0.129. The Labute approximate surface area is 184 Å². The first-order valence-corrected chi connectivity index (χ1v) is 10.0. The second kappa shape index (κ2) is 9.47. The van der Waals surface area contributed by atoms with Crippen molar-refractivity contribution in [3.63, 3.8) is 0 Å². The Kier molecular flexibility index (Phi) is 6.97. The number of rotatable bonds is 7. The van der Waals surface area contributed by atoms with Crippen molar-refractivity contribution in [1.29, 1.82) is 0 Å². The number of nitrogens with one attached hydrogen (secondary N) is 1. The molecule has 0 saturated heterocycles. The predicted molar refractivity (Wildman–Crippen MR) is 118 cm³/mol. The highest BCUT2D eigenvalue weighted by Gasteiger charge is 2.20. The summed E-state index contributed by atoms with van der Waals surface area (Å²) in [6.07, 6.45) is 1.99. The third-order valence-electron chi connectivity index (χ3n) is 4.76. The fraction of sp³-hybridized carbons (Fsp3) is 0.286. The van der Waals surface area contributed by atoms with Gasteiger partial charge in [-0.2, -0.15) is 0 Å². The van der Waals surface area contributed by atoms with Crippen molar-refractivity contribution >= 4 is 46.4 Å². The molecule has 7 nitrogen and oxygen atoms in total. The van der Waals surface area contributed by atoms with E-state index in [0.29, 0.717) is 30.2 Å². The van der Waals surface area contributed by atoms with E-state index >= 15 is 0 Å². The van der Waals surface area contributed by atoms with E-state index in [4.69, 9.17) is 27.9 Å². The minimum absolute atomic E-state index is 0.0470. The second-order valence-corrected chi connectivity index (χ2v) is 7.61. The first-order chi connectivity index (χ1) is 14.3. The summed E-state index contributed by atoms with van der Waals surface area (Å²) in [6.45, 7) is 2.81. The normalized spacial score (nSPS) is 11.0. The van der Waals surface area contributed by atoms with E-state index in [2.05, 4.69) is 10.3 Å². The summed E-state index contributed by atoms with van der Waals surface area (Å²) in [4.78, 5) is 31.5. The topological polar surface area (TPSA) is 75.9 Å². The van der Waals surface area contributed by atoms with Gasteiger partial charge in [-0.25, -0.2) is 4.98 Å². The Bertz CT molecular complexity index is 1080. The fourth-order valence-electron chi connectivity index (χ4n) is 3.07. The van der Waals surface area contributed by atoms with Crippen molar-refractivity contribution in [2.75, 3.05) is 32.6 Å². The number of ether oxygens (including phenoxy) is 1. The number of benzene rings is 1. The number of fused-ring (bicyclic) bond motifs is 1. The van der Waals surface area contributed by atoms with Crippen LogP contribution in [0.2, 0.25) is 10.0 Å². The summed E-state index contributed by atoms with van der Waals surface area (Å²) in [5, 5.41) is 3.35. The van der Waals surface area contributed by atoms with E-state index in [1.165, 1.54) is 0 Å². The van der Waals surface area contributed by atoms with Crippen molar-refractivity contribution in [2.24, 2.45) is 0 Å². The van der Waals surface area contributed by atoms with Gasteiger partial charge in [-0.1, -0.05) is 29.3 Å². The molecule has 2 amide bonds. The molecule has 30 heavy (non-hydrogen) atoms. The molecule has 0 atom stereocenters. The number of amides is 2. The molecule has 0 saturated carbocycles. The smallest absolute Gasteiger partial charge is 0.258 e. The summed E-state index contributed by atoms with van der Waals surface area (Å²) < 4.78 is 6.83. The molecule has 3 aromatic rings. The molecule has 0 radical (unpaired) electrons. The lowest BCUT2D eigenvalue weighted by atomic mass is 10.2. The molecule has 0 aliphatic rings. The number of aromatic nitrogens is 2. The van der Waals surface area contributed by atoms with Crippen LogP contribution < -0.4 is 5.32 Å². The number of nitrogens with zero attached hydrogens (tertiary/aromatic N) is 3. The number of imidazole rings is 1. The Hall–Kier alpha value is -2.61. The zero-order chi connectivity index (χ0) is 21.8. The molecule has 0 fully saturated rings. The lowest BCUT2D eigenvalue weighted by Crippen LogP contribution is -2.31. The van der Waals surface area contributed by atoms with Gasteiger partial charge in [-0.15, -0.1) is 0 Å². The highest BCUT2D eigenvalue weighted by atomic mass is 35.5. The zero-order valence-corrected chi connectivity index (χ0v) is 18.4. The first-order valence-electron chi connectivity index (χ1n) is 9.28. The average molecular weight is 449 g/mol. The monoisotopic (exact) mass is 448 g/mol. The SMILES string of the molecule is COCCN(C)C(=O)Cc1c(C)nc2c(NC(=O)c3c(Cl)cccc3Cl)cccn12. The largest absolute Gasteiger partial charge is 0.383 e. The molecule has 1 aromatic carbocycles. The third kappa shape index (κ3) is 4.59. The number of hydrogen-bond acceptors (Lipinski definition) is 4. The van der Waals surface area contributed by atoms with Crippen LogP contribution in [0.1, 0.15) is 21.7 Å². The van der Waals surface area contributed by atoms with Gasteiger partial charge >= 0.3 is 0 Å². The molecule has 0 unspecified atom stereocenters. The first kappa shape index (κ1) is 22.1. The molecule has 0 spiro atoms. The van der Waals surface area contributed by atoms with Crippen LogP contribution in [0.3, 0.4) is 0 Å². The van der Waals surface area contributed by atoms with Crippen molar-refractivity contribution in [1.82, 2.24) is 14.3 Å². The van der Waals surface area contributed by atoms with E-state index in [1.807, 2.05) is 13.1 Å². The fourth-order valence-corrected chi connectivity index (χ4v) is 3.64. The molecule has 3 rings (SSSR count). The number of carbonyl (C=O) groups excluding carboxylic acids is 2. The third-order valence-corrected chi connectivity index (χ3v) is 5.39. The predicted octanol–water partition coefficient (Wildman–Crippen LogP) is 3.85. The maximum atomic E-state index is 12.8. The van der Waals surface area contributed by atoms with Crippen LogP contribution in [0.25, 0.3) is 5.65 Å². The molecular formula is C21H22Cl2N4O3. The number of carbonyl (C=O) groups is 2. The molecule has 0 bridgehead atoms. The number of methoxy groups -OCH3 is 1.